The summed E-state index contributed by atoms with van der Waals surface area (Å²) < 4.78 is 5.38. The van der Waals surface area contributed by atoms with Gasteiger partial charge in [0.05, 0.1) is 13.2 Å². The molecule has 0 bridgehead atoms. The number of aryl methyl sites for hydroxylation is 1. The monoisotopic (exact) mass is 319 g/mol. The van der Waals surface area contributed by atoms with Gasteiger partial charge in [0.25, 0.3) is 0 Å². The first-order chi connectivity index (χ1) is 11.3. The number of nitrogens with one attached hydrogen (secondary N) is 1. The molecule has 0 aromatic carbocycles. The summed E-state index contributed by atoms with van der Waals surface area (Å²) in [6, 6.07) is 2.04. The highest BCUT2D eigenvalue weighted by Crippen LogP contribution is 2.18. The van der Waals surface area contributed by atoms with Crippen LogP contribution in [0.4, 0.5) is 11.8 Å². The highest BCUT2D eigenvalue weighted by molar-refractivity contribution is 5.43. The zero-order valence-corrected chi connectivity index (χ0v) is 14.3. The van der Waals surface area contributed by atoms with Gasteiger partial charge in [0, 0.05) is 51.0 Å². The Bertz CT molecular complexity index is 482. The summed E-state index contributed by atoms with van der Waals surface area (Å²) in [6.45, 7) is 9.93. The predicted octanol–water partition coefficient (Wildman–Crippen LogP) is 1.91. The van der Waals surface area contributed by atoms with Crippen LogP contribution in [0.5, 0.6) is 0 Å². The van der Waals surface area contributed by atoms with E-state index < -0.39 is 0 Å². The number of hydrogen-bond acceptors (Lipinski definition) is 6. The van der Waals surface area contributed by atoms with Gasteiger partial charge < -0.3 is 15.0 Å². The van der Waals surface area contributed by atoms with Crippen LogP contribution in [-0.2, 0) is 4.74 Å². The minimum atomic E-state index is 0.853. The van der Waals surface area contributed by atoms with Crippen molar-refractivity contribution in [3.63, 3.8) is 0 Å². The van der Waals surface area contributed by atoms with Gasteiger partial charge in [-0.25, -0.2) is 4.98 Å². The molecule has 1 aromatic rings. The fourth-order valence-electron chi connectivity index (χ4n) is 3.22. The Hall–Kier alpha value is -1.40. The third-order valence-electron chi connectivity index (χ3n) is 4.57. The summed E-state index contributed by atoms with van der Waals surface area (Å²) in [7, 11) is 0. The number of hydrogen-bond donors (Lipinski definition) is 1. The molecule has 1 aromatic heterocycles. The van der Waals surface area contributed by atoms with Gasteiger partial charge in [-0.15, -0.1) is 0 Å². The zero-order chi connectivity index (χ0) is 15.9. The van der Waals surface area contributed by atoms with Crippen LogP contribution in [0.15, 0.2) is 6.07 Å². The molecule has 0 atom stereocenters. The molecule has 2 aliphatic rings. The fourth-order valence-corrected chi connectivity index (χ4v) is 3.22. The van der Waals surface area contributed by atoms with Crippen molar-refractivity contribution in [2.45, 2.75) is 32.6 Å². The van der Waals surface area contributed by atoms with Crippen LogP contribution in [0.3, 0.4) is 0 Å². The lowest BCUT2D eigenvalue weighted by Crippen LogP contribution is -2.39. The van der Waals surface area contributed by atoms with Crippen molar-refractivity contribution in [1.82, 2.24) is 14.9 Å². The second-order valence-corrected chi connectivity index (χ2v) is 6.48. The molecule has 1 N–H and O–H groups in total. The Kier molecular flexibility index (Phi) is 6.05. The zero-order valence-electron chi connectivity index (χ0n) is 14.3. The highest BCUT2D eigenvalue weighted by atomic mass is 16.5. The summed E-state index contributed by atoms with van der Waals surface area (Å²) in [6.07, 6.45) is 5.15. The molecule has 0 radical (unpaired) electrons. The van der Waals surface area contributed by atoms with E-state index in [-0.39, 0.29) is 0 Å². The van der Waals surface area contributed by atoms with Gasteiger partial charge in [-0.3, -0.25) is 4.90 Å². The van der Waals surface area contributed by atoms with Gasteiger partial charge in [0.15, 0.2) is 0 Å². The number of nitrogens with zero attached hydrogens (tertiary/aromatic N) is 4. The third-order valence-corrected chi connectivity index (χ3v) is 4.57. The van der Waals surface area contributed by atoms with E-state index in [9.17, 15) is 0 Å². The van der Waals surface area contributed by atoms with Crippen LogP contribution >= 0.6 is 0 Å². The van der Waals surface area contributed by atoms with Crippen molar-refractivity contribution in [1.29, 1.82) is 0 Å². The van der Waals surface area contributed by atoms with Gasteiger partial charge in [0.1, 0.15) is 5.82 Å². The third kappa shape index (κ3) is 5.04. The standard InChI is InChI=1S/C17H29N5O/c1-15-14-16(18-6-9-21-10-12-23-13-11-21)20-17(19-15)22-7-4-2-3-5-8-22/h14H,2-13H2,1H3,(H,18,19,20). The lowest BCUT2D eigenvalue weighted by atomic mass is 10.2. The second kappa shape index (κ2) is 8.45. The summed E-state index contributed by atoms with van der Waals surface area (Å²) in [4.78, 5) is 14.2. The molecule has 0 amide bonds. The van der Waals surface area contributed by atoms with E-state index in [2.05, 4.69) is 27.0 Å². The number of morpholine rings is 1. The first kappa shape index (κ1) is 16.5. The van der Waals surface area contributed by atoms with Crippen molar-refractivity contribution in [3.05, 3.63) is 11.8 Å². The lowest BCUT2D eigenvalue weighted by Gasteiger charge is -2.26. The molecule has 0 spiro atoms. The summed E-state index contributed by atoms with van der Waals surface area (Å²) in [5.41, 5.74) is 1.04. The molecule has 2 aliphatic heterocycles. The van der Waals surface area contributed by atoms with Crippen LogP contribution in [0, 0.1) is 6.92 Å². The van der Waals surface area contributed by atoms with Gasteiger partial charge in [-0.1, -0.05) is 12.8 Å². The Morgan fingerprint density at radius 2 is 1.78 bits per heavy atom. The first-order valence-corrected chi connectivity index (χ1v) is 8.96. The largest absolute Gasteiger partial charge is 0.379 e. The average molecular weight is 319 g/mol. The summed E-state index contributed by atoms with van der Waals surface area (Å²) in [5.74, 6) is 1.84. The van der Waals surface area contributed by atoms with E-state index in [1.165, 1.54) is 25.7 Å². The van der Waals surface area contributed by atoms with E-state index in [1.54, 1.807) is 0 Å². The molecule has 0 saturated carbocycles. The molecule has 0 aliphatic carbocycles. The van der Waals surface area contributed by atoms with E-state index in [1.807, 2.05) is 6.07 Å². The van der Waals surface area contributed by atoms with Crippen LogP contribution in [0.1, 0.15) is 31.4 Å². The molecule has 6 heteroatoms. The first-order valence-electron chi connectivity index (χ1n) is 8.96. The predicted molar refractivity (Wildman–Crippen MR) is 93.2 cm³/mol. The Labute approximate surface area is 139 Å². The molecular weight excluding hydrogens is 290 g/mol. The average Bonchev–Trinajstić information content (AvgIpc) is 2.85. The molecule has 2 saturated heterocycles. The maximum atomic E-state index is 5.38. The van der Waals surface area contributed by atoms with Gasteiger partial charge in [-0.05, 0) is 19.8 Å². The number of anilines is 2. The molecular formula is C17H29N5O. The molecule has 23 heavy (non-hydrogen) atoms. The van der Waals surface area contributed by atoms with Crippen molar-refractivity contribution in [3.8, 4) is 0 Å². The topological polar surface area (TPSA) is 53.5 Å². The molecule has 128 valence electrons. The van der Waals surface area contributed by atoms with Crippen molar-refractivity contribution in [2.75, 3.05) is 62.7 Å². The molecule has 2 fully saturated rings. The molecule has 3 heterocycles. The maximum Gasteiger partial charge on any atom is 0.227 e. The highest BCUT2D eigenvalue weighted by Gasteiger charge is 2.14. The van der Waals surface area contributed by atoms with E-state index in [0.29, 0.717) is 0 Å². The van der Waals surface area contributed by atoms with Gasteiger partial charge in [-0.2, -0.15) is 4.98 Å². The minimum Gasteiger partial charge on any atom is -0.379 e. The fraction of sp³-hybridized carbons (Fsp3) is 0.765. The second-order valence-electron chi connectivity index (χ2n) is 6.48. The lowest BCUT2D eigenvalue weighted by molar-refractivity contribution is 0.0398. The Morgan fingerprint density at radius 3 is 2.52 bits per heavy atom. The van der Waals surface area contributed by atoms with Crippen LogP contribution in [-0.4, -0.2) is 67.4 Å². The van der Waals surface area contributed by atoms with Crippen LogP contribution in [0.2, 0.25) is 0 Å². The van der Waals surface area contributed by atoms with Gasteiger partial charge in [0.2, 0.25) is 5.95 Å². The normalized spacial score (nSPS) is 20.3. The smallest absolute Gasteiger partial charge is 0.227 e. The number of ether oxygens (including phenoxy) is 1. The minimum absolute atomic E-state index is 0.853. The SMILES string of the molecule is Cc1cc(NCCN2CCOCC2)nc(N2CCCCCC2)n1. The van der Waals surface area contributed by atoms with Gasteiger partial charge >= 0.3 is 0 Å². The number of aromatic nitrogens is 2. The van der Waals surface area contributed by atoms with E-state index >= 15 is 0 Å². The maximum absolute atomic E-state index is 5.38. The number of rotatable bonds is 5. The van der Waals surface area contributed by atoms with Crippen molar-refractivity contribution in [2.24, 2.45) is 0 Å². The quantitative estimate of drug-likeness (QED) is 0.895. The summed E-state index contributed by atoms with van der Waals surface area (Å²) in [5, 5.41) is 3.47. The van der Waals surface area contributed by atoms with Crippen molar-refractivity contribution >= 4 is 11.8 Å². The van der Waals surface area contributed by atoms with Crippen molar-refractivity contribution < 1.29 is 4.74 Å². The molecule has 0 unspecified atom stereocenters. The van der Waals surface area contributed by atoms with Crippen LogP contribution in [0.25, 0.3) is 0 Å². The summed E-state index contributed by atoms with van der Waals surface area (Å²) >= 11 is 0. The molecule has 3 rings (SSSR count). The van der Waals surface area contributed by atoms with E-state index in [0.717, 1.165) is 69.9 Å². The Morgan fingerprint density at radius 1 is 1.04 bits per heavy atom. The Balaban J connectivity index is 1.56. The van der Waals surface area contributed by atoms with E-state index in [4.69, 9.17) is 9.72 Å². The molecule has 6 nitrogen and oxygen atoms in total. The van der Waals surface area contributed by atoms with Crippen LogP contribution < -0.4 is 10.2 Å².